The van der Waals surface area contributed by atoms with E-state index in [9.17, 15) is 31.7 Å². The largest absolute Gasteiger partial charge is 0.416 e. The minimum Gasteiger partial charge on any atom is -0.258 e. The first kappa shape index (κ1) is 19.4. The molecule has 0 aromatic heterocycles. The standard InChI is InChI=1S/C15H12F3N3O4S/c1-10-5-6-13(8-14(10)21(22)23)26(24,25)20-19-9-11-3-2-4-12(7-11)15(16,17)18/h2-9,20H,1H3/b19-9-. The van der Waals surface area contributed by atoms with Crippen LogP contribution in [0.1, 0.15) is 16.7 Å². The van der Waals surface area contributed by atoms with E-state index in [4.69, 9.17) is 0 Å². The number of halogens is 3. The van der Waals surface area contributed by atoms with Gasteiger partial charge in [-0.1, -0.05) is 18.2 Å². The SMILES string of the molecule is Cc1ccc(S(=O)(=O)N/N=C\c2cccc(C(F)(F)F)c2)cc1[N+](=O)[O-]. The van der Waals surface area contributed by atoms with Crippen molar-refractivity contribution in [1.82, 2.24) is 4.83 Å². The van der Waals surface area contributed by atoms with Crippen molar-refractivity contribution < 1.29 is 26.5 Å². The summed E-state index contributed by atoms with van der Waals surface area (Å²) in [6, 6.07) is 7.43. The summed E-state index contributed by atoms with van der Waals surface area (Å²) in [5, 5.41) is 14.3. The molecule has 0 aliphatic rings. The molecule has 0 atom stereocenters. The number of hydrazone groups is 1. The summed E-state index contributed by atoms with van der Waals surface area (Å²) in [4.78, 5) is 11.6. The molecule has 0 fully saturated rings. The van der Waals surface area contributed by atoms with Gasteiger partial charge in [-0.05, 0) is 30.7 Å². The zero-order valence-electron chi connectivity index (χ0n) is 13.2. The molecule has 0 bridgehead atoms. The Morgan fingerprint density at radius 2 is 1.88 bits per heavy atom. The molecule has 2 rings (SSSR count). The fourth-order valence-electron chi connectivity index (χ4n) is 1.97. The zero-order valence-corrected chi connectivity index (χ0v) is 14.0. The number of alkyl halides is 3. The van der Waals surface area contributed by atoms with Crippen molar-refractivity contribution in [2.24, 2.45) is 5.10 Å². The number of benzene rings is 2. The second-order valence-electron chi connectivity index (χ2n) is 5.18. The van der Waals surface area contributed by atoms with Crippen LogP contribution in [0.3, 0.4) is 0 Å². The molecule has 0 spiro atoms. The third-order valence-electron chi connectivity index (χ3n) is 3.29. The minimum absolute atomic E-state index is 0.0254. The first-order valence-electron chi connectivity index (χ1n) is 6.98. The number of nitrogens with one attached hydrogen (secondary N) is 1. The highest BCUT2D eigenvalue weighted by atomic mass is 32.2. The molecule has 0 heterocycles. The molecule has 138 valence electrons. The predicted octanol–water partition coefficient (Wildman–Crippen LogP) is 3.23. The molecular formula is C15H12F3N3O4S. The molecule has 2 aromatic rings. The first-order valence-corrected chi connectivity index (χ1v) is 8.46. The highest BCUT2D eigenvalue weighted by molar-refractivity contribution is 7.89. The minimum atomic E-state index is -4.54. The second-order valence-corrected chi connectivity index (χ2v) is 6.84. The van der Waals surface area contributed by atoms with E-state index in [1.165, 1.54) is 19.1 Å². The summed E-state index contributed by atoms with van der Waals surface area (Å²) >= 11 is 0. The average Bonchev–Trinajstić information content (AvgIpc) is 2.54. The highest BCUT2D eigenvalue weighted by Crippen LogP contribution is 2.29. The molecule has 0 saturated heterocycles. The molecule has 2 aromatic carbocycles. The van der Waals surface area contributed by atoms with Crippen molar-refractivity contribution in [2.45, 2.75) is 18.0 Å². The Labute approximate surface area is 146 Å². The van der Waals surface area contributed by atoms with Gasteiger partial charge in [-0.3, -0.25) is 10.1 Å². The molecule has 26 heavy (non-hydrogen) atoms. The van der Waals surface area contributed by atoms with Crippen LogP contribution in [0.4, 0.5) is 18.9 Å². The number of rotatable bonds is 5. The molecule has 1 N–H and O–H groups in total. The Morgan fingerprint density at radius 3 is 2.50 bits per heavy atom. The summed E-state index contributed by atoms with van der Waals surface area (Å²) in [5.41, 5.74) is -0.980. The maximum absolute atomic E-state index is 12.6. The van der Waals surface area contributed by atoms with Crippen LogP contribution >= 0.6 is 0 Å². The van der Waals surface area contributed by atoms with E-state index in [0.717, 1.165) is 36.5 Å². The van der Waals surface area contributed by atoms with Crippen LogP contribution in [-0.2, 0) is 16.2 Å². The average molecular weight is 387 g/mol. The van der Waals surface area contributed by atoms with Crippen molar-refractivity contribution in [3.05, 3.63) is 69.3 Å². The molecule has 11 heteroatoms. The summed E-state index contributed by atoms with van der Waals surface area (Å²) in [5.74, 6) is 0. The summed E-state index contributed by atoms with van der Waals surface area (Å²) in [7, 11) is -4.22. The number of nitrogens with zero attached hydrogens (tertiary/aromatic N) is 2. The van der Waals surface area contributed by atoms with E-state index in [0.29, 0.717) is 0 Å². The fraction of sp³-hybridized carbons (Fsp3) is 0.133. The Morgan fingerprint density at radius 1 is 1.19 bits per heavy atom. The number of sulfonamides is 1. The smallest absolute Gasteiger partial charge is 0.258 e. The summed E-state index contributed by atoms with van der Waals surface area (Å²) in [6.45, 7) is 1.45. The van der Waals surface area contributed by atoms with Crippen molar-refractivity contribution in [2.75, 3.05) is 0 Å². The molecule has 0 amide bonds. The highest BCUT2D eigenvalue weighted by Gasteiger charge is 2.30. The monoisotopic (exact) mass is 387 g/mol. The van der Waals surface area contributed by atoms with E-state index >= 15 is 0 Å². The number of hydrogen-bond acceptors (Lipinski definition) is 5. The van der Waals surface area contributed by atoms with E-state index in [-0.39, 0.29) is 16.8 Å². The maximum atomic E-state index is 12.6. The lowest BCUT2D eigenvalue weighted by Crippen LogP contribution is -2.18. The maximum Gasteiger partial charge on any atom is 0.416 e. The van der Waals surface area contributed by atoms with Crippen LogP contribution < -0.4 is 4.83 Å². The molecule has 7 nitrogen and oxygen atoms in total. The molecule has 0 radical (unpaired) electrons. The molecule has 0 aliphatic heterocycles. The lowest BCUT2D eigenvalue weighted by molar-refractivity contribution is -0.385. The van der Waals surface area contributed by atoms with Crippen molar-refractivity contribution in [1.29, 1.82) is 0 Å². The van der Waals surface area contributed by atoms with Gasteiger partial charge in [0.25, 0.3) is 15.7 Å². The Kier molecular flexibility index (Phi) is 5.30. The van der Waals surface area contributed by atoms with Gasteiger partial charge in [0.05, 0.1) is 21.6 Å². The molecule has 0 aliphatic carbocycles. The lowest BCUT2D eigenvalue weighted by Gasteiger charge is -2.07. The van der Waals surface area contributed by atoms with Gasteiger partial charge in [-0.2, -0.15) is 26.7 Å². The van der Waals surface area contributed by atoms with Gasteiger partial charge >= 0.3 is 6.18 Å². The number of nitro benzene ring substituents is 1. The van der Waals surface area contributed by atoms with Crippen LogP contribution in [0, 0.1) is 17.0 Å². The fourth-order valence-corrected chi connectivity index (χ4v) is 2.78. The van der Waals surface area contributed by atoms with Crippen molar-refractivity contribution in [3.8, 4) is 0 Å². The van der Waals surface area contributed by atoms with E-state index in [1.54, 1.807) is 4.83 Å². The van der Waals surface area contributed by atoms with E-state index < -0.39 is 31.6 Å². The van der Waals surface area contributed by atoms with Crippen LogP contribution in [0.25, 0.3) is 0 Å². The van der Waals surface area contributed by atoms with Gasteiger partial charge in [0, 0.05) is 11.6 Å². The first-order chi connectivity index (χ1) is 12.0. The topological polar surface area (TPSA) is 102 Å². The third-order valence-corrected chi connectivity index (χ3v) is 4.51. The zero-order chi connectivity index (χ0) is 19.5. The predicted molar refractivity (Wildman–Crippen MR) is 87.2 cm³/mol. The second kappa shape index (κ2) is 7.12. The number of nitro groups is 1. The number of hydrogen-bond donors (Lipinski definition) is 1. The molecular weight excluding hydrogens is 375 g/mol. The van der Waals surface area contributed by atoms with Gasteiger partial charge in [-0.25, -0.2) is 4.83 Å². The molecule has 0 saturated carbocycles. The van der Waals surface area contributed by atoms with Crippen LogP contribution in [0.2, 0.25) is 0 Å². The van der Waals surface area contributed by atoms with Crippen LogP contribution in [0.5, 0.6) is 0 Å². The Balaban J connectivity index is 2.22. The third kappa shape index (κ3) is 4.57. The van der Waals surface area contributed by atoms with Gasteiger partial charge in [0.1, 0.15) is 0 Å². The van der Waals surface area contributed by atoms with E-state index in [1.807, 2.05) is 0 Å². The van der Waals surface area contributed by atoms with Crippen LogP contribution in [-0.4, -0.2) is 19.6 Å². The van der Waals surface area contributed by atoms with Gasteiger partial charge < -0.3 is 0 Å². The normalized spacial score (nSPS) is 12.3. The van der Waals surface area contributed by atoms with Gasteiger partial charge in [-0.15, -0.1) is 0 Å². The quantitative estimate of drug-likeness (QED) is 0.483. The van der Waals surface area contributed by atoms with Crippen LogP contribution in [0.15, 0.2) is 52.5 Å². The van der Waals surface area contributed by atoms with Gasteiger partial charge in [0.15, 0.2) is 0 Å². The van der Waals surface area contributed by atoms with E-state index in [2.05, 4.69) is 5.10 Å². The lowest BCUT2D eigenvalue weighted by atomic mass is 10.1. The van der Waals surface area contributed by atoms with Crippen molar-refractivity contribution >= 4 is 21.9 Å². The Bertz CT molecular complexity index is 972. The Hall–Kier alpha value is -2.95. The van der Waals surface area contributed by atoms with Gasteiger partial charge in [0.2, 0.25) is 0 Å². The summed E-state index contributed by atoms with van der Waals surface area (Å²) in [6.07, 6.45) is -3.64. The summed E-state index contributed by atoms with van der Waals surface area (Å²) < 4.78 is 62.1. The molecule has 0 unspecified atom stereocenters. The number of aryl methyl sites for hydroxylation is 1. The van der Waals surface area contributed by atoms with Crippen molar-refractivity contribution in [3.63, 3.8) is 0 Å².